The summed E-state index contributed by atoms with van der Waals surface area (Å²) < 4.78 is 5.90. The minimum Gasteiger partial charge on any atom is -0.480 e. The molecule has 1 amide bonds. The first-order valence-electron chi connectivity index (χ1n) is 8.81. The molecule has 2 N–H and O–H groups in total. The summed E-state index contributed by atoms with van der Waals surface area (Å²) in [5, 5.41) is 12.3. The van der Waals surface area contributed by atoms with Crippen LogP contribution in [0.5, 0.6) is 5.75 Å². The van der Waals surface area contributed by atoms with Gasteiger partial charge in [0.1, 0.15) is 11.8 Å². The summed E-state index contributed by atoms with van der Waals surface area (Å²) in [4.78, 5) is 25.9. The van der Waals surface area contributed by atoms with Gasteiger partial charge in [-0.3, -0.25) is 9.59 Å². The van der Waals surface area contributed by atoms with E-state index in [0.29, 0.717) is 25.3 Å². The molecule has 0 radical (unpaired) electrons. The van der Waals surface area contributed by atoms with Gasteiger partial charge in [0, 0.05) is 19.6 Å². The maximum absolute atomic E-state index is 12.9. The Hall–Kier alpha value is -2.08. The summed E-state index contributed by atoms with van der Waals surface area (Å²) in [6, 6.07) is 8.90. The van der Waals surface area contributed by atoms with Crippen LogP contribution < -0.4 is 10.1 Å². The summed E-state index contributed by atoms with van der Waals surface area (Å²) in [7, 11) is 0. The van der Waals surface area contributed by atoms with Crippen molar-refractivity contribution in [3.05, 3.63) is 30.3 Å². The Morgan fingerprint density at radius 3 is 2.44 bits per heavy atom. The monoisotopic (exact) mass is 346 g/mol. The molecule has 2 fully saturated rings. The van der Waals surface area contributed by atoms with Crippen molar-refractivity contribution in [3.63, 3.8) is 0 Å². The molecule has 0 bridgehead atoms. The third-order valence-corrected chi connectivity index (χ3v) is 5.40. The number of likely N-dealkylation sites (tertiary alicyclic amines) is 1. The van der Waals surface area contributed by atoms with Crippen molar-refractivity contribution in [1.82, 2.24) is 10.2 Å². The lowest BCUT2D eigenvalue weighted by Gasteiger charge is -2.41. The summed E-state index contributed by atoms with van der Waals surface area (Å²) in [6.45, 7) is 5.60. The molecule has 136 valence electrons. The highest BCUT2D eigenvalue weighted by Crippen LogP contribution is 2.39. The van der Waals surface area contributed by atoms with Gasteiger partial charge in [0.15, 0.2) is 5.60 Å². The number of rotatable bonds is 4. The molecule has 1 spiro atoms. The number of carbonyl (C=O) groups is 2. The van der Waals surface area contributed by atoms with Crippen LogP contribution in [0.3, 0.4) is 0 Å². The molecule has 1 aromatic carbocycles. The number of carbonyl (C=O) groups excluding carboxylic acids is 1. The molecule has 0 aromatic heterocycles. The predicted octanol–water partition coefficient (Wildman–Crippen LogP) is 1.90. The fourth-order valence-electron chi connectivity index (χ4n) is 3.86. The first kappa shape index (κ1) is 17.7. The number of nitrogens with one attached hydrogen (secondary N) is 1. The highest BCUT2D eigenvalue weighted by atomic mass is 16.5. The number of nitrogens with zero attached hydrogens (tertiary/aromatic N) is 1. The van der Waals surface area contributed by atoms with E-state index in [9.17, 15) is 14.7 Å². The average Bonchev–Trinajstić information content (AvgIpc) is 3.00. The zero-order valence-corrected chi connectivity index (χ0v) is 14.8. The van der Waals surface area contributed by atoms with Crippen LogP contribution in [0.15, 0.2) is 30.3 Å². The number of hydrogen-bond donors (Lipinski definition) is 2. The van der Waals surface area contributed by atoms with Gasteiger partial charge in [-0.15, -0.1) is 0 Å². The molecule has 1 aromatic rings. The molecule has 6 heteroatoms. The molecular formula is C19H26N2O4. The lowest BCUT2D eigenvalue weighted by atomic mass is 9.76. The molecule has 2 heterocycles. The molecule has 0 aliphatic carbocycles. The normalized spacial score (nSPS) is 22.8. The number of para-hydroxylation sites is 1. The van der Waals surface area contributed by atoms with Gasteiger partial charge in [0.2, 0.25) is 0 Å². The minimum atomic E-state index is -0.927. The summed E-state index contributed by atoms with van der Waals surface area (Å²) in [5.74, 6) is -0.127. The molecule has 0 unspecified atom stereocenters. The smallest absolute Gasteiger partial charge is 0.320 e. The maximum atomic E-state index is 12.9. The van der Waals surface area contributed by atoms with E-state index in [2.05, 4.69) is 5.32 Å². The van der Waals surface area contributed by atoms with E-state index >= 15 is 0 Å². The molecule has 1 atom stereocenters. The van der Waals surface area contributed by atoms with Crippen LogP contribution in [0.2, 0.25) is 0 Å². The van der Waals surface area contributed by atoms with Gasteiger partial charge in [0.25, 0.3) is 5.91 Å². The Labute approximate surface area is 148 Å². The topological polar surface area (TPSA) is 78.9 Å². The Morgan fingerprint density at radius 2 is 1.88 bits per heavy atom. The van der Waals surface area contributed by atoms with Crippen molar-refractivity contribution in [1.29, 1.82) is 0 Å². The molecule has 2 aliphatic rings. The Kier molecular flexibility index (Phi) is 4.73. The maximum Gasteiger partial charge on any atom is 0.320 e. The molecular weight excluding hydrogens is 320 g/mol. The largest absolute Gasteiger partial charge is 0.480 e. The highest BCUT2D eigenvalue weighted by molar-refractivity contribution is 5.85. The van der Waals surface area contributed by atoms with Crippen molar-refractivity contribution in [3.8, 4) is 5.75 Å². The van der Waals surface area contributed by atoms with Crippen molar-refractivity contribution in [2.45, 2.75) is 44.8 Å². The standard InChI is InChI=1S/C19H26N2O4/c1-18(2,25-14-6-4-3-5-7-14)17(24)21-10-8-19(9-11-21)12-15(16(22)23)20-13-19/h3-7,15,20H,8-13H2,1-2H3,(H,22,23)/t15-/m0/s1. The van der Waals surface area contributed by atoms with E-state index in [4.69, 9.17) is 4.74 Å². The van der Waals surface area contributed by atoms with E-state index in [0.717, 1.165) is 19.4 Å². The molecule has 2 saturated heterocycles. The Morgan fingerprint density at radius 1 is 1.24 bits per heavy atom. The average molecular weight is 346 g/mol. The zero-order chi connectivity index (χ0) is 18.1. The van der Waals surface area contributed by atoms with E-state index in [-0.39, 0.29) is 11.3 Å². The minimum absolute atomic E-state index is 0.00423. The lowest BCUT2D eigenvalue weighted by molar-refractivity contribution is -0.148. The van der Waals surface area contributed by atoms with Crippen LogP contribution in [0.1, 0.15) is 33.1 Å². The SMILES string of the molecule is CC(C)(Oc1ccccc1)C(=O)N1CCC2(CC1)CN[C@H](C(=O)O)C2. The van der Waals surface area contributed by atoms with Crippen molar-refractivity contribution < 1.29 is 19.4 Å². The van der Waals surface area contributed by atoms with Crippen LogP contribution in [0.4, 0.5) is 0 Å². The van der Waals surface area contributed by atoms with Crippen LogP contribution in [-0.4, -0.2) is 53.2 Å². The van der Waals surface area contributed by atoms with Crippen LogP contribution in [0, 0.1) is 5.41 Å². The van der Waals surface area contributed by atoms with Crippen molar-refractivity contribution >= 4 is 11.9 Å². The Balaban J connectivity index is 1.59. The van der Waals surface area contributed by atoms with Crippen LogP contribution in [0.25, 0.3) is 0 Å². The van der Waals surface area contributed by atoms with Crippen molar-refractivity contribution in [2.75, 3.05) is 19.6 Å². The van der Waals surface area contributed by atoms with E-state index < -0.39 is 17.6 Å². The summed E-state index contributed by atoms with van der Waals surface area (Å²) in [5.41, 5.74) is -0.923. The van der Waals surface area contributed by atoms with Crippen molar-refractivity contribution in [2.24, 2.45) is 5.41 Å². The number of benzene rings is 1. The number of piperidine rings is 1. The molecule has 0 saturated carbocycles. The van der Waals surface area contributed by atoms with E-state index in [1.807, 2.05) is 35.2 Å². The van der Waals surface area contributed by atoms with Gasteiger partial charge < -0.3 is 20.1 Å². The Bertz CT molecular complexity index is 636. The molecule has 2 aliphatic heterocycles. The van der Waals surface area contributed by atoms with Gasteiger partial charge in [-0.2, -0.15) is 0 Å². The first-order valence-corrected chi connectivity index (χ1v) is 8.81. The number of ether oxygens (including phenoxy) is 1. The van der Waals surface area contributed by atoms with Crippen LogP contribution >= 0.6 is 0 Å². The second-order valence-electron chi connectivity index (χ2n) is 7.69. The third kappa shape index (κ3) is 3.79. The molecule has 3 rings (SSSR count). The quantitative estimate of drug-likeness (QED) is 0.870. The molecule has 6 nitrogen and oxygen atoms in total. The van der Waals surface area contributed by atoms with Gasteiger partial charge in [0.05, 0.1) is 0 Å². The first-order chi connectivity index (χ1) is 11.8. The van der Waals surface area contributed by atoms with Crippen LogP contribution in [-0.2, 0) is 9.59 Å². The van der Waals surface area contributed by atoms with Gasteiger partial charge >= 0.3 is 5.97 Å². The van der Waals surface area contributed by atoms with Gasteiger partial charge in [-0.25, -0.2) is 0 Å². The number of carboxylic acid groups (broad SMARTS) is 1. The predicted molar refractivity (Wildman–Crippen MR) is 93.4 cm³/mol. The zero-order valence-electron chi connectivity index (χ0n) is 14.8. The number of amides is 1. The van der Waals surface area contributed by atoms with Gasteiger partial charge in [-0.1, -0.05) is 18.2 Å². The second kappa shape index (κ2) is 6.67. The summed E-state index contributed by atoms with van der Waals surface area (Å²) in [6.07, 6.45) is 2.31. The van der Waals surface area contributed by atoms with E-state index in [1.165, 1.54) is 0 Å². The fraction of sp³-hybridized carbons (Fsp3) is 0.579. The second-order valence-corrected chi connectivity index (χ2v) is 7.69. The molecule has 25 heavy (non-hydrogen) atoms. The third-order valence-electron chi connectivity index (χ3n) is 5.40. The van der Waals surface area contributed by atoms with Gasteiger partial charge in [-0.05, 0) is 50.7 Å². The summed E-state index contributed by atoms with van der Waals surface area (Å²) >= 11 is 0. The highest BCUT2D eigenvalue weighted by Gasteiger charge is 2.45. The number of hydrogen-bond acceptors (Lipinski definition) is 4. The van der Waals surface area contributed by atoms with E-state index in [1.54, 1.807) is 13.8 Å². The fourth-order valence-corrected chi connectivity index (χ4v) is 3.86. The number of carboxylic acids is 1. The number of aliphatic carboxylic acids is 1. The lowest BCUT2D eigenvalue weighted by Crippen LogP contribution is -2.53.